The lowest BCUT2D eigenvalue weighted by Gasteiger charge is -2.19. The molecule has 1 aromatic heterocycles. The van der Waals surface area contributed by atoms with Crippen molar-refractivity contribution < 1.29 is 14.3 Å². The van der Waals surface area contributed by atoms with Crippen LogP contribution in [0.2, 0.25) is 0 Å². The van der Waals surface area contributed by atoms with Crippen LogP contribution < -0.4 is 20.3 Å². The van der Waals surface area contributed by atoms with Gasteiger partial charge in [0.2, 0.25) is 11.7 Å². The molecule has 0 saturated heterocycles. The maximum atomic E-state index is 14.2. The first kappa shape index (κ1) is 38.4. The molecule has 3 aromatic rings. The maximum absolute atomic E-state index is 14.2. The van der Waals surface area contributed by atoms with Gasteiger partial charge in [-0.25, -0.2) is 0 Å². The molecule has 1 amide bonds. The number of benzene rings is 2. The molecule has 0 spiro atoms. The van der Waals surface area contributed by atoms with E-state index < -0.39 is 0 Å². The molecule has 0 unspecified atom stereocenters. The molecule has 6 heteroatoms. The molecule has 3 rings (SSSR count). The molecule has 0 atom stereocenters. The molecule has 0 aliphatic heterocycles. The van der Waals surface area contributed by atoms with E-state index in [1.54, 1.807) is 6.08 Å². The second-order valence-corrected chi connectivity index (χ2v) is 12.9. The number of rotatable bonds is 22. The average molecular weight is 655 g/mol. The van der Waals surface area contributed by atoms with E-state index in [0.29, 0.717) is 31.2 Å². The number of fused-ring (bicyclic) bond motifs is 1. The highest BCUT2D eigenvalue weighted by Crippen LogP contribution is 2.35. The minimum atomic E-state index is -0.237. The van der Waals surface area contributed by atoms with Crippen LogP contribution in [0.25, 0.3) is 17.0 Å². The number of nitrogens with one attached hydrogen (secondary N) is 1. The molecule has 1 N–H and O–H groups in total. The van der Waals surface area contributed by atoms with Crippen molar-refractivity contribution in [2.75, 3.05) is 18.5 Å². The average Bonchev–Trinajstić information content (AvgIpc) is 3.07. The molecular weight excluding hydrogens is 596 g/mol. The number of allylic oxidation sites excluding steroid dienone is 3. The van der Waals surface area contributed by atoms with Gasteiger partial charge >= 0.3 is 0 Å². The van der Waals surface area contributed by atoms with Gasteiger partial charge in [0.1, 0.15) is 6.61 Å². The summed E-state index contributed by atoms with van der Waals surface area (Å²) in [6, 6.07) is 15.4. The van der Waals surface area contributed by atoms with Crippen LogP contribution in [0.3, 0.4) is 0 Å². The third kappa shape index (κ3) is 13.2. The Morgan fingerprint density at radius 2 is 1.52 bits per heavy atom. The van der Waals surface area contributed by atoms with Crippen LogP contribution in [0.4, 0.5) is 5.69 Å². The summed E-state index contributed by atoms with van der Waals surface area (Å²) >= 11 is 0. The third-order valence-corrected chi connectivity index (χ3v) is 8.40. The molecule has 0 fully saturated rings. The molecule has 0 bridgehead atoms. The van der Waals surface area contributed by atoms with Gasteiger partial charge in [0.05, 0.1) is 12.1 Å². The normalized spacial score (nSPS) is 11.6. The molecule has 0 radical (unpaired) electrons. The smallest absolute Gasteiger partial charge is 0.297 e. The Balaban J connectivity index is 1.96. The zero-order chi connectivity index (χ0) is 34.6. The molecule has 2 aromatic carbocycles. The molecule has 48 heavy (non-hydrogen) atoms. The Hall–Kier alpha value is -4.06. The van der Waals surface area contributed by atoms with E-state index in [2.05, 4.69) is 52.1 Å². The number of carbonyl (C=O) groups is 1. The van der Waals surface area contributed by atoms with Gasteiger partial charge in [-0.2, -0.15) is 0 Å². The largest absolute Gasteiger partial charge is 0.485 e. The second kappa shape index (κ2) is 21.7. The molecule has 0 aliphatic rings. The van der Waals surface area contributed by atoms with E-state index >= 15 is 0 Å². The highest BCUT2D eigenvalue weighted by molar-refractivity contribution is 6.03. The molecule has 260 valence electrons. The van der Waals surface area contributed by atoms with Gasteiger partial charge in [0.25, 0.3) is 5.56 Å². The first-order chi connectivity index (χ1) is 23.3. The van der Waals surface area contributed by atoms with E-state index in [0.717, 1.165) is 67.8 Å². The van der Waals surface area contributed by atoms with Crippen molar-refractivity contribution in [3.63, 3.8) is 0 Å². The van der Waals surface area contributed by atoms with Crippen LogP contribution in [0.15, 0.2) is 82.7 Å². The zero-order valence-corrected chi connectivity index (χ0v) is 30.1. The van der Waals surface area contributed by atoms with Crippen molar-refractivity contribution >= 4 is 28.6 Å². The van der Waals surface area contributed by atoms with Gasteiger partial charge < -0.3 is 19.4 Å². The zero-order valence-electron chi connectivity index (χ0n) is 30.1. The lowest BCUT2D eigenvalue weighted by Crippen LogP contribution is -2.24. The fourth-order valence-corrected chi connectivity index (χ4v) is 5.60. The topological polar surface area (TPSA) is 69.6 Å². The summed E-state index contributed by atoms with van der Waals surface area (Å²) in [6.45, 7) is 12.1. The second-order valence-electron chi connectivity index (χ2n) is 12.9. The fraction of sp³-hybridized carbons (Fsp3) is 0.476. The van der Waals surface area contributed by atoms with Crippen molar-refractivity contribution in [2.24, 2.45) is 0 Å². The summed E-state index contributed by atoms with van der Waals surface area (Å²) in [7, 11) is 0. The van der Waals surface area contributed by atoms with E-state index in [-0.39, 0.29) is 17.2 Å². The van der Waals surface area contributed by atoms with Crippen LogP contribution in [-0.2, 0) is 11.3 Å². The number of unbranched alkanes of at least 4 members (excludes halogenated alkanes) is 8. The molecule has 0 saturated carbocycles. The van der Waals surface area contributed by atoms with Crippen molar-refractivity contribution in [3.05, 3.63) is 93.8 Å². The first-order valence-corrected chi connectivity index (χ1v) is 18.1. The number of carbonyl (C=O) groups excluding carboxylic acids is 1. The number of aryl methyl sites for hydroxylation is 1. The number of ether oxygens (including phenoxy) is 2. The highest BCUT2D eigenvalue weighted by Gasteiger charge is 2.20. The van der Waals surface area contributed by atoms with Crippen LogP contribution in [0.5, 0.6) is 11.5 Å². The van der Waals surface area contributed by atoms with Gasteiger partial charge in [-0.15, -0.1) is 0 Å². The van der Waals surface area contributed by atoms with Crippen molar-refractivity contribution in [1.82, 2.24) is 4.57 Å². The standard InChI is InChI=1S/C42H58N2O4/c1-6-8-10-12-13-18-30-47-41-40(48-31-28-34(5)21-19-20-33(3)4)37-26-25-36(43-39(45)27-24-35-22-15-14-16-23-35)32-38(37)44(42(41)46)29-17-11-9-7-2/h14-16,20,22-28,32H,6-13,17-19,21,29-31H2,1-5H3,(H,43,45). The van der Waals surface area contributed by atoms with Gasteiger partial charge in [0, 0.05) is 23.7 Å². The van der Waals surface area contributed by atoms with Gasteiger partial charge in [-0.05, 0) is 82.4 Å². The summed E-state index contributed by atoms with van der Waals surface area (Å²) in [5.74, 6) is 0.518. The minimum absolute atomic E-state index is 0.184. The number of aromatic nitrogens is 1. The van der Waals surface area contributed by atoms with Gasteiger partial charge in [-0.1, -0.05) is 113 Å². The summed E-state index contributed by atoms with van der Waals surface area (Å²) < 4.78 is 14.5. The summed E-state index contributed by atoms with van der Waals surface area (Å²) in [5.41, 5.74) is 4.67. The Labute approximate surface area is 288 Å². The molecule has 1 heterocycles. The molecule has 6 nitrogen and oxygen atoms in total. The Morgan fingerprint density at radius 1 is 0.812 bits per heavy atom. The van der Waals surface area contributed by atoms with Crippen molar-refractivity contribution in [1.29, 1.82) is 0 Å². The summed E-state index contributed by atoms with van der Waals surface area (Å²) in [5, 5.41) is 3.78. The SMILES string of the molecule is CCCCCCCCOc1c(OCC=C(C)CCC=C(C)C)c2ccc(NC(=O)C=Cc3ccccc3)cc2n(CCCCCC)c1=O. The monoisotopic (exact) mass is 654 g/mol. The van der Waals surface area contributed by atoms with Crippen LogP contribution >= 0.6 is 0 Å². The lowest BCUT2D eigenvalue weighted by molar-refractivity contribution is -0.111. The first-order valence-electron chi connectivity index (χ1n) is 18.1. The Kier molecular flexibility index (Phi) is 17.4. The fourth-order valence-electron chi connectivity index (χ4n) is 5.60. The predicted molar refractivity (Wildman–Crippen MR) is 203 cm³/mol. The van der Waals surface area contributed by atoms with E-state index in [4.69, 9.17) is 9.47 Å². The number of amides is 1. The van der Waals surface area contributed by atoms with E-state index in [1.807, 2.05) is 53.1 Å². The van der Waals surface area contributed by atoms with Gasteiger partial charge in [-0.3, -0.25) is 9.59 Å². The quantitative estimate of drug-likeness (QED) is 0.0665. The number of hydrogen-bond donors (Lipinski definition) is 1. The number of nitrogens with zero attached hydrogens (tertiary/aromatic N) is 1. The van der Waals surface area contributed by atoms with Crippen LogP contribution in [-0.4, -0.2) is 23.7 Å². The molecular formula is C42H58N2O4. The number of anilines is 1. The Morgan fingerprint density at radius 3 is 2.25 bits per heavy atom. The van der Waals surface area contributed by atoms with Crippen LogP contribution in [0, 0.1) is 0 Å². The molecule has 0 aliphatic carbocycles. The summed E-state index contributed by atoms with van der Waals surface area (Å²) in [4.78, 5) is 27.1. The summed E-state index contributed by atoms with van der Waals surface area (Å²) in [6.07, 6.45) is 20.6. The van der Waals surface area contributed by atoms with E-state index in [1.165, 1.54) is 42.9 Å². The minimum Gasteiger partial charge on any atom is -0.485 e. The maximum Gasteiger partial charge on any atom is 0.297 e. The predicted octanol–water partition coefficient (Wildman–Crippen LogP) is 11.0. The number of hydrogen-bond acceptors (Lipinski definition) is 4. The van der Waals surface area contributed by atoms with Crippen molar-refractivity contribution in [2.45, 2.75) is 118 Å². The Bertz CT molecular complexity index is 1560. The lowest BCUT2D eigenvalue weighted by atomic mass is 10.1. The van der Waals surface area contributed by atoms with E-state index in [9.17, 15) is 9.59 Å². The number of pyridine rings is 1. The highest BCUT2D eigenvalue weighted by atomic mass is 16.5. The third-order valence-electron chi connectivity index (χ3n) is 8.40. The van der Waals surface area contributed by atoms with Crippen LogP contribution in [0.1, 0.15) is 117 Å². The van der Waals surface area contributed by atoms with Crippen molar-refractivity contribution in [3.8, 4) is 11.5 Å². The van der Waals surface area contributed by atoms with Gasteiger partial charge in [0.15, 0.2) is 5.75 Å².